The highest BCUT2D eigenvalue weighted by Gasteiger charge is 2.15. The highest BCUT2D eigenvalue weighted by Crippen LogP contribution is 2.34. The fourth-order valence-electron chi connectivity index (χ4n) is 2.89. The van der Waals surface area contributed by atoms with Crippen LogP contribution in [0.5, 0.6) is 11.5 Å². The Hall–Kier alpha value is -3.54. The van der Waals surface area contributed by atoms with Crippen molar-refractivity contribution in [3.63, 3.8) is 0 Å². The maximum absolute atomic E-state index is 12.6. The second kappa shape index (κ2) is 7.37. The van der Waals surface area contributed by atoms with Gasteiger partial charge in [-0.1, -0.05) is 30.3 Å². The Kier molecular flexibility index (Phi) is 4.61. The first kappa shape index (κ1) is 16.9. The summed E-state index contributed by atoms with van der Waals surface area (Å²) in [6.07, 6.45) is 3.31. The predicted octanol–water partition coefficient (Wildman–Crippen LogP) is 3.70. The third kappa shape index (κ3) is 3.84. The summed E-state index contributed by atoms with van der Waals surface area (Å²) in [7, 11) is 1.98. The van der Waals surface area contributed by atoms with Gasteiger partial charge in [-0.2, -0.15) is 0 Å². The lowest BCUT2D eigenvalue weighted by Crippen LogP contribution is -2.18. The molecule has 0 saturated heterocycles. The molecular weight excluding hydrogens is 342 g/mol. The summed E-state index contributed by atoms with van der Waals surface area (Å²) in [6.45, 7) is 0.933. The van der Waals surface area contributed by atoms with E-state index in [9.17, 15) is 4.79 Å². The van der Waals surface area contributed by atoms with E-state index in [4.69, 9.17) is 9.47 Å². The van der Waals surface area contributed by atoms with Crippen molar-refractivity contribution >= 4 is 17.3 Å². The van der Waals surface area contributed by atoms with Gasteiger partial charge in [0.25, 0.3) is 5.91 Å². The van der Waals surface area contributed by atoms with Crippen molar-refractivity contribution in [2.75, 3.05) is 24.1 Å². The monoisotopic (exact) mass is 361 g/mol. The molecule has 6 heteroatoms. The van der Waals surface area contributed by atoms with E-state index in [1.54, 1.807) is 30.6 Å². The van der Waals surface area contributed by atoms with Gasteiger partial charge < -0.3 is 19.7 Å². The van der Waals surface area contributed by atoms with E-state index in [0.717, 1.165) is 12.2 Å². The van der Waals surface area contributed by atoms with Crippen molar-refractivity contribution in [2.45, 2.75) is 6.54 Å². The number of carbonyl (C=O) groups is 1. The largest absolute Gasteiger partial charge is 0.454 e. The Bertz CT molecular complexity index is 960. The van der Waals surface area contributed by atoms with Crippen LogP contribution in [0.15, 0.2) is 67.0 Å². The lowest BCUT2D eigenvalue weighted by Gasteiger charge is -2.19. The minimum absolute atomic E-state index is 0.201. The first-order valence-corrected chi connectivity index (χ1v) is 8.60. The summed E-state index contributed by atoms with van der Waals surface area (Å²) in [5.74, 6) is 1.08. The molecule has 3 aromatic rings. The number of pyridine rings is 1. The van der Waals surface area contributed by atoms with Gasteiger partial charge in [0.2, 0.25) is 6.79 Å². The molecule has 4 rings (SSSR count). The van der Waals surface area contributed by atoms with Gasteiger partial charge in [0, 0.05) is 31.5 Å². The molecule has 1 amide bonds. The number of benzene rings is 2. The molecule has 1 aliphatic heterocycles. The van der Waals surface area contributed by atoms with Gasteiger partial charge >= 0.3 is 0 Å². The third-order valence-corrected chi connectivity index (χ3v) is 4.32. The zero-order chi connectivity index (χ0) is 18.6. The molecule has 6 nitrogen and oxygen atoms in total. The summed E-state index contributed by atoms with van der Waals surface area (Å²) < 4.78 is 10.6. The topological polar surface area (TPSA) is 63.7 Å². The van der Waals surface area contributed by atoms with E-state index in [-0.39, 0.29) is 12.7 Å². The molecule has 136 valence electrons. The molecule has 0 saturated carbocycles. The normalized spacial score (nSPS) is 11.9. The number of nitrogens with one attached hydrogen (secondary N) is 1. The standard InChI is InChI=1S/C21H19N3O3/c1-24(13-15-5-3-2-4-6-15)18-9-16(11-22-12-18)21(25)23-17-7-8-19-20(10-17)27-14-26-19/h2-12H,13-14H2,1H3,(H,23,25). The second-order valence-corrected chi connectivity index (χ2v) is 6.30. The van der Waals surface area contributed by atoms with E-state index in [0.29, 0.717) is 22.7 Å². The zero-order valence-electron chi connectivity index (χ0n) is 14.9. The van der Waals surface area contributed by atoms with Gasteiger partial charge in [-0.05, 0) is 23.8 Å². The van der Waals surface area contributed by atoms with Crippen molar-refractivity contribution in [3.05, 3.63) is 78.1 Å². The Labute approximate surface area is 157 Å². The number of fused-ring (bicyclic) bond motifs is 1. The maximum atomic E-state index is 12.6. The minimum atomic E-state index is -0.226. The Morgan fingerprint density at radius 1 is 1.07 bits per heavy atom. The molecule has 2 aromatic carbocycles. The van der Waals surface area contributed by atoms with Crippen molar-refractivity contribution in [3.8, 4) is 11.5 Å². The van der Waals surface area contributed by atoms with Crippen molar-refractivity contribution in [1.29, 1.82) is 0 Å². The van der Waals surface area contributed by atoms with E-state index >= 15 is 0 Å². The molecule has 2 heterocycles. The summed E-state index contributed by atoms with van der Waals surface area (Å²) in [4.78, 5) is 18.9. The van der Waals surface area contributed by atoms with Crippen LogP contribution in [-0.4, -0.2) is 24.7 Å². The number of anilines is 2. The average Bonchev–Trinajstić information content (AvgIpc) is 3.16. The number of ether oxygens (including phenoxy) is 2. The SMILES string of the molecule is CN(Cc1ccccc1)c1cncc(C(=O)Nc2ccc3c(c2)OCO3)c1. The van der Waals surface area contributed by atoms with Crippen LogP contribution in [0.3, 0.4) is 0 Å². The average molecular weight is 361 g/mol. The maximum Gasteiger partial charge on any atom is 0.257 e. The number of hydrogen-bond donors (Lipinski definition) is 1. The molecular formula is C21H19N3O3. The van der Waals surface area contributed by atoms with Crippen molar-refractivity contribution in [1.82, 2.24) is 4.98 Å². The molecule has 1 aromatic heterocycles. The van der Waals surface area contributed by atoms with Crippen LogP contribution in [-0.2, 0) is 6.54 Å². The second-order valence-electron chi connectivity index (χ2n) is 6.30. The third-order valence-electron chi connectivity index (χ3n) is 4.32. The van der Waals surface area contributed by atoms with Gasteiger partial charge in [-0.25, -0.2) is 0 Å². The van der Waals surface area contributed by atoms with E-state index < -0.39 is 0 Å². The number of amides is 1. The first-order chi connectivity index (χ1) is 13.2. The molecule has 0 atom stereocenters. The molecule has 27 heavy (non-hydrogen) atoms. The smallest absolute Gasteiger partial charge is 0.257 e. The number of rotatable bonds is 5. The molecule has 1 aliphatic rings. The van der Waals surface area contributed by atoms with Crippen LogP contribution >= 0.6 is 0 Å². The molecule has 0 fully saturated rings. The van der Waals surface area contributed by atoms with Crippen molar-refractivity contribution in [2.24, 2.45) is 0 Å². The summed E-state index contributed by atoms with van der Waals surface area (Å²) in [5.41, 5.74) is 3.20. The molecule has 0 radical (unpaired) electrons. The van der Waals surface area contributed by atoms with Gasteiger partial charge in [0.05, 0.1) is 17.4 Å². The highest BCUT2D eigenvalue weighted by atomic mass is 16.7. The first-order valence-electron chi connectivity index (χ1n) is 8.60. The van der Waals surface area contributed by atoms with Crippen LogP contribution in [0.2, 0.25) is 0 Å². The van der Waals surface area contributed by atoms with Crippen molar-refractivity contribution < 1.29 is 14.3 Å². The highest BCUT2D eigenvalue weighted by molar-refractivity contribution is 6.04. The van der Waals surface area contributed by atoms with E-state index in [2.05, 4.69) is 27.3 Å². The summed E-state index contributed by atoms with van der Waals surface area (Å²) >= 11 is 0. The van der Waals surface area contributed by atoms with E-state index in [1.807, 2.05) is 31.3 Å². The Morgan fingerprint density at radius 3 is 2.74 bits per heavy atom. The number of hydrogen-bond acceptors (Lipinski definition) is 5. The molecule has 1 N–H and O–H groups in total. The molecule has 0 spiro atoms. The molecule has 0 unspecified atom stereocenters. The number of carbonyl (C=O) groups excluding carboxylic acids is 1. The van der Waals surface area contributed by atoms with Gasteiger partial charge in [0.1, 0.15) is 0 Å². The van der Waals surface area contributed by atoms with Gasteiger partial charge in [-0.3, -0.25) is 9.78 Å². The Balaban J connectivity index is 1.47. The Morgan fingerprint density at radius 2 is 1.89 bits per heavy atom. The number of nitrogens with zero attached hydrogens (tertiary/aromatic N) is 2. The molecule has 0 aliphatic carbocycles. The van der Waals surface area contributed by atoms with Crippen LogP contribution in [0, 0.1) is 0 Å². The van der Waals surface area contributed by atoms with Crippen LogP contribution in [0.1, 0.15) is 15.9 Å². The quantitative estimate of drug-likeness (QED) is 0.751. The summed E-state index contributed by atoms with van der Waals surface area (Å²) in [6, 6.07) is 17.3. The lowest BCUT2D eigenvalue weighted by atomic mass is 10.2. The number of aromatic nitrogens is 1. The van der Waals surface area contributed by atoms with E-state index in [1.165, 1.54) is 5.56 Å². The fourth-order valence-corrected chi connectivity index (χ4v) is 2.89. The summed E-state index contributed by atoms with van der Waals surface area (Å²) in [5, 5.41) is 2.87. The van der Waals surface area contributed by atoms with Crippen LogP contribution in [0.25, 0.3) is 0 Å². The minimum Gasteiger partial charge on any atom is -0.454 e. The van der Waals surface area contributed by atoms with Crippen LogP contribution < -0.4 is 19.7 Å². The lowest BCUT2D eigenvalue weighted by molar-refractivity contribution is 0.102. The van der Waals surface area contributed by atoms with Gasteiger partial charge in [0.15, 0.2) is 11.5 Å². The zero-order valence-corrected chi connectivity index (χ0v) is 14.9. The predicted molar refractivity (Wildman–Crippen MR) is 103 cm³/mol. The van der Waals surface area contributed by atoms with Crippen LogP contribution in [0.4, 0.5) is 11.4 Å². The molecule has 0 bridgehead atoms. The van der Waals surface area contributed by atoms with Gasteiger partial charge in [-0.15, -0.1) is 0 Å². The fraction of sp³-hybridized carbons (Fsp3) is 0.143.